The molecule has 1 atom stereocenters. The molecule has 1 aliphatic rings. The average Bonchev–Trinajstić information content (AvgIpc) is 2.97. The quantitative estimate of drug-likeness (QED) is 0.755. The van der Waals surface area contributed by atoms with Crippen LogP contribution in [-0.4, -0.2) is 14.4 Å². The highest BCUT2D eigenvalue weighted by atomic mass is 19.1. The third kappa shape index (κ3) is 2.37. The summed E-state index contributed by atoms with van der Waals surface area (Å²) in [4.78, 5) is 8.98. The monoisotopic (exact) mass is 296 g/mol. The van der Waals surface area contributed by atoms with Crippen LogP contribution < -0.4 is 5.32 Å². The smallest absolute Gasteiger partial charge is 0.199 e. The SMILES string of the molecule is Fc1cccc2nc(CNC3CCCc4cccnc43)cn12. The highest BCUT2D eigenvalue weighted by Crippen LogP contribution is 2.27. The van der Waals surface area contributed by atoms with E-state index in [0.29, 0.717) is 12.2 Å². The van der Waals surface area contributed by atoms with Gasteiger partial charge in [0.1, 0.15) is 5.65 Å². The highest BCUT2D eigenvalue weighted by Gasteiger charge is 2.20. The van der Waals surface area contributed by atoms with Crippen LogP contribution in [0.5, 0.6) is 0 Å². The largest absolute Gasteiger partial charge is 0.303 e. The first kappa shape index (κ1) is 13.4. The zero-order valence-corrected chi connectivity index (χ0v) is 12.2. The van der Waals surface area contributed by atoms with Gasteiger partial charge in [-0.1, -0.05) is 12.1 Å². The van der Waals surface area contributed by atoms with E-state index in [0.717, 1.165) is 30.7 Å². The summed E-state index contributed by atoms with van der Waals surface area (Å²) in [5.74, 6) is -0.291. The lowest BCUT2D eigenvalue weighted by molar-refractivity contribution is 0.445. The number of imidazole rings is 1. The molecule has 0 saturated carbocycles. The molecule has 0 amide bonds. The molecule has 0 aromatic carbocycles. The fraction of sp³-hybridized carbons (Fsp3) is 0.294. The van der Waals surface area contributed by atoms with Gasteiger partial charge in [0.05, 0.1) is 17.4 Å². The Morgan fingerprint density at radius 1 is 1.27 bits per heavy atom. The van der Waals surface area contributed by atoms with Crippen LogP contribution in [0.4, 0.5) is 4.39 Å². The van der Waals surface area contributed by atoms with E-state index in [4.69, 9.17) is 0 Å². The lowest BCUT2D eigenvalue weighted by Gasteiger charge is -2.24. The second-order valence-corrected chi connectivity index (χ2v) is 5.68. The van der Waals surface area contributed by atoms with Crippen molar-refractivity contribution in [1.82, 2.24) is 19.7 Å². The van der Waals surface area contributed by atoms with Crippen LogP contribution >= 0.6 is 0 Å². The van der Waals surface area contributed by atoms with E-state index in [9.17, 15) is 4.39 Å². The summed E-state index contributed by atoms with van der Waals surface area (Å²) in [6.07, 6.45) is 6.93. The Morgan fingerprint density at radius 3 is 3.14 bits per heavy atom. The molecule has 1 N–H and O–H groups in total. The Labute approximate surface area is 128 Å². The second kappa shape index (κ2) is 5.50. The Bertz CT molecular complexity index is 811. The van der Waals surface area contributed by atoms with Gasteiger partial charge in [0, 0.05) is 18.9 Å². The van der Waals surface area contributed by atoms with Gasteiger partial charge in [0.15, 0.2) is 5.95 Å². The van der Waals surface area contributed by atoms with Crippen LogP contribution in [0.3, 0.4) is 0 Å². The van der Waals surface area contributed by atoms with Gasteiger partial charge < -0.3 is 5.32 Å². The van der Waals surface area contributed by atoms with Crippen molar-refractivity contribution in [2.45, 2.75) is 31.8 Å². The third-order valence-electron chi connectivity index (χ3n) is 4.22. The fourth-order valence-electron chi connectivity index (χ4n) is 3.15. The van der Waals surface area contributed by atoms with Crippen molar-refractivity contribution >= 4 is 5.65 Å². The normalized spacial score (nSPS) is 17.6. The van der Waals surface area contributed by atoms with Crippen molar-refractivity contribution in [3.8, 4) is 0 Å². The van der Waals surface area contributed by atoms with Crippen molar-refractivity contribution in [2.24, 2.45) is 0 Å². The number of hydrogen-bond acceptors (Lipinski definition) is 3. The number of pyridine rings is 2. The summed E-state index contributed by atoms with van der Waals surface area (Å²) < 4.78 is 15.2. The average molecular weight is 296 g/mol. The molecular weight excluding hydrogens is 279 g/mol. The molecule has 0 spiro atoms. The molecule has 4 rings (SSSR count). The van der Waals surface area contributed by atoms with E-state index in [1.807, 2.05) is 18.3 Å². The third-order valence-corrected chi connectivity index (χ3v) is 4.22. The maximum atomic E-state index is 13.7. The summed E-state index contributed by atoms with van der Waals surface area (Å²) in [6, 6.07) is 9.32. The lowest BCUT2D eigenvalue weighted by Crippen LogP contribution is -2.26. The van der Waals surface area contributed by atoms with E-state index < -0.39 is 0 Å². The number of aromatic nitrogens is 3. The van der Waals surface area contributed by atoms with Gasteiger partial charge in [0.25, 0.3) is 0 Å². The van der Waals surface area contributed by atoms with Crippen molar-refractivity contribution in [3.63, 3.8) is 0 Å². The maximum absolute atomic E-state index is 13.7. The van der Waals surface area contributed by atoms with Gasteiger partial charge in [-0.15, -0.1) is 0 Å². The van der Waals surface area contributed by atoms with Crippen LogP contribution in [0, 0.1) is 5.95 Å². The van der Waals surface area contributed by atoms with E-state index in [2.05, 4.69) is 21.4 Å². The first-order chi connectivity index (χ1) is 10.8. The number of nitrogens with one attached hydrogen (secondary N) is 1. The van der Waals surface area contributed by atoms with Gasteiger partial charge in [-0.2, -0.15) is 4.39 Å². The summed E-state index contributed by atoms with van der Waals surface area (Å²) in [7, 11) is 0. The van der Waals surface area contributed by atoms with Gasteiger partial charge in [0.2, 0.25) is 0 Å². The molecule has 0 radical (unpaired) electrons. The molecule has 3 aromatic heterocycles. The molecule has 22 heavy (non-hydrogen) atoms. The van der Waals surface area contributed by atoms with Gasteiger partial charge in [-0.05, 0) is 43.0 Å². The molecule has 1 aliphatic carbocycles. The summed E-state index contributed by atoms with van der Waals surface area (Å²) >= 11 is 0. The van der Waals surface area contributed by atoms with E-state index in [-0.39, 0.29) is 12.0 Å². The van der Waals surface area contributed by atoms with Crippen LogP contribution in [0.25, 0.3) is 5.65 Å². The first-order valence-electron chi connectivity index (χ1n) is 7.61. The van der Waals surface area contributed by atoms with Crippen molar-refractivity contribution in [2.75, 3.05) is 0 Å². The number of nitrogens with zero attached hydrogens (tertiary/aromatic N) is 3. The van der Waals surface area contributed by atoms with Gasteiger partial charge in [-0.3, -0.25) is 9.38 Å². The maximum Gasteiger partial charge on any atom is 0.199 e. The number of fused-ring (bicyclic) bond motifs is 2. The topological polar surface area (TPSA) is 42.2 Å². The molecule has 3 aromatic rings. The van der Waals surface area contributed by atoms with E-state index in [1.54, 1.807) is 12.3 Å². The van der Waals surface area contributed by atoms with Gasteiger partial charge in [-0.25, -0.2) is 4.98 Å². The summed E-state index contributed by atoms with van der Waals surface area (Å²) in [5.41, 5.74) is 3.95. The lowest BCUT2D eigenvalue weighted by atomic mass is 9.92. The molecule has 3 heterocycles. The molecule has 1 unspecified atom stereocenters. The molecular formula is C17H17FN4. The Kier molecular flexibility index (Phi) is 3.35. The molecule has 4 nitrogen and oxygen atoms in total. The number of rotatable bonds is 3. The predicted molar refractivity (Wildman–Crippen MR) is 81.9 cm³/mol. The Morgan fingerprint density at radius 2 is 2.23 bits per heavy atom. The standard InChI is InChI=1S/C17H17FN4/c18-15-7-2-8-16-21-13(11-22(15)16)10-20-14-6-1-4-12-5-3-9-19-17(12)14/h2-3,5,7-9,11,14,20H,1,4,6,10H2. The zero-order chi connectivity index (χ0) is 14.9. The Hall–Kier alpha value is -2.27. The molecule has 0 aliphatic heterocycles. The Balaban J connectivity index is 1.54. The van der Waals surface area contributed by atoms with E-state index in [1.165, 1.54) is 16.0 Å². The van der Waals surface area contributed by atoms with Crippen molar-refractivity contribution in [1.29, 1.82) is 0 Å². The minimum atomic E-state index is -0.291. The minimum absolute atomic E-state index is 0.250. The molecule has 0 saturated heterocycles. The number of aryl methyl sites for hydroxylation is 1. The van der Waals surface area contributed by atoms with E-state index >= 15 is 0 Å². The predicted octanol–water partition coefficient (Wildman–Crippen LogP) is 3.04. The van der Waals surface area contributed by atoms with Crippen LogP contribution in [0.2, 0.25) is 0 Å². The fourth-order valence-corrected chi connectivity index (χ4v) is 3.15. The molecule has 112 valence electrons. The minimum Gasteiger partial charge on any atom is -0.303 e. The molecule has 5 heteroatoms. The highest BCUT2D eigenvalue weighted by molar-refractivity contribution is 5.39. The first-order valence-corrected chi connectivity index (χ1v) is 7.61. The zero-order valence-electron chi connectivity index (χ0n) is 12.2. The number of hydrogen-bond donors (Lipinski definition) is 1. The van der Waals surface area contributed by atoms with Crippen LogP contribution in [0.15, 0.2) is 42.7 Å². The van der Waals surface area contributed by atoms with Gasteiger partial charge >= 0.3 is 0 Å². The second-order valence-electron chi connectivity index (χ2n) is 5.68. The van der Waals surface area contributed by atoms with Crippen LogP contribution in [-0.2, 0) is 13.0 Å². The molecule has 0 fully saturated rings. The summed E-state index contributed by atoms with van der Waals surface area (Å²) in [6.45, 7) is 0.613. The van der Waals surface area contributed by atoms with Crippen LogP contribution in [0.1, 0.15) is 35.8 Å². The number of halogens is 1. The van der Waals surface area contributed by atoms with Crippen molar-refractivity contribution < 1.29 is 4.39 Å². The summed E-state index contributed by atoms with van der Waals surface area (Å²) in [5, 5.41) is 3.51. The molecule has 0 bridgehead atoms. The van der Waals surface area contributed by atoms with Crippen molar-refractivity contribution in [3.05, 3.63) is 65.6 Å².